The minimum Gasteiger partial charge on any atom is -0.349 e. The van der Waals surface area contributed by atoms with Crippen LogP contribution in [0.15, 0.2) is 24.3 Å². The van der Waals surface area contributed by atoms with Crippen molar-refractivity contribution in [3.05, 3.63) is 35.4 Å². The Morgan fingerprint density at radius 3 is 2.53 bits per heavy atom. The third-order valence-electron chi connectivity index (χ3n) is 5.01. The molecule has 2 nitrogen and oxygen atoms in total. The number of nitrogens with one attached hydrogen (secondary N) is 1. The maximum atomic E-state index is 12.4. The molecule has 2 aliphatic rings. The largest absolute Gasteiger partial charge is 0.349 e. The van der Waals surface area contributed by atoms with Crippen LogP contribution in [-0.2, 0) is 4.79 Å². The van der Waals surface area contributed by atoms with Crippen LogP contribution in [0.4, 0.5) is 0 Å². The lowest BCUT2D eigenvalue weighted by molar-refractivity contribution is -0.127. The summed E-state index contributed by atoms with van der Waals surface area (Å²) in [6.07, 6.45) is 5.03. The molecule has 4 atom stereocenters. The molecule has 2 fully saturated rings. The smallest absolute Gasteiger partial charge is 0.223 e. The van der Waals surface area contributed by atoms with Gasteiger partial charge in [0, 0.05) is 5.92 Å². The molecule has 2 aliphatic carbocycles. The van der Waals surface area contributed by atoms with Gasteiger partial charge in [-0.15, -0.1) is 0 Å². The Morgan fingerprint density at radius 2 is 1.95 bits per heavy atom. The summed E-state index contributed by atoms with van der Waals surface area (Å²) in [6.45, 7) is 4.16. The molecule has 2 saturated carbocycles. The Hall–Kier alpha value is -1.31. The first-order chi connectivity index (χ1) is 9.13. The molecule has 4 unspecified atom stereocenters. The molecule has 1 N–H and O–H groups in total. The van der Waals surface area contributed by atoms with Gasteiger partial charge in [-0.3, -0.25) is 4.79 Å². The monoisotopic (exact) mass is 257 g/mol. The van der Waals surface area contributed by atoms with Gasteiger partial charge in [0.15, 0.2) is 0 Å². The van der Waals surface area contributed by atoms with Gasteiger partial charge in [0.25, 0.3) is 0 Å². The second-order valence-corrected chi connectivity index (χ2v) is 6.42. The number of carbonyl (C=O) groups excluding carboxylic acids is 1. The van der Waals surface area contributed by atoms with Crippen LogP contribution in [0.1, 0.15) is 49.8 Å². The summed E-state index contributed by atoms with van der Waals surface area (Å²) in [7, 11) is 0. The first kappa shape index (κ1) is 12.7. The number of benzene rings is 1. The van der Waals surface area contributed by atoms with E-state index in [1.165, 1.54) is 30.4 Å². The zero-order valence-electron chi connectivity index (χ0n) is 11.9. The van der Waals surface area contributed by atoms with E-state index in [4.69, 9.17) is 0 Å². The number of amides is 1. The molecule has 2 heteroatoms. The minimum absolute atomic E-state index is 0.118. The summed E-state index contributed by atoms with van der Waals surface area (Å²) in [4.78, 5) is 12.4. The summed E-state index contributed by atoms with van der Waals surface area (Å²) in [5, 5.41) is 3.20. The van der Waals surface area contributed by atoms with E-state index >= 15 is 0 Å². The van der Waals surface area contributed by atoms with E-state index in [9.17, 15) is 4.79 Å². The lowest BCUT2D eigenvalue weighted by Gasteiger charge is -2.23. The molecule has 19 heavy (non-hydrogen) atoms. The van der Waals surface area contributed by atoms with Crippen LogP contribution in [0.2, 0.25) is 0 Å². The average Bonchev–Trinajstić information content (AvgIpc) is 3.01. The third kappa shape index (κ3) is 2.54. The number of aryl methyl sites for hydroxylation is 1. The van der Waals surface area contributed by atoms with Crippen molar-refractivity contribution in [3.8, 4) is 0 Å². The number of carbonyl (C=O) groups is 1. The highest BCUT2D eigenvalue weighted by Gasteiger charge is 2.43. The highest BCUT2D eigenvalue weighted by atomic mass is 16.2. The van der Waals surface area contributed by atoms with Gasteiger partial charge in [-0.2, -0.15) is 0 Å². The normalized spacial score (nSPS) is 30.3. The predicted octanol–water partition coefficient (Wildman–Crippen LogP) is 3.61. The highest BCUT2D eigenvalue weighted by Crippen LogP contribution is 2.48. The Bertz CT molecular complexity index is 465. The van der Waals surface area contributed by atoms with E-state index < -0.39 is 0 Å². The quantitative estimate of drug-likeness (QED) is 0.880. The molecule has 1 aromatic carbocycles. The van der Waals surface area contributed by atoms with Crippen molar-refractivity contribution in [2.24, 2.45) is 17.8 Å². The van der Waals surface area contributed by atoms with Crippen molar-refractivity contribution in [1.29, 1.82) is 0 Å². The summed E-state index contributed by atoms with van der Waals surface area (Å²) in [6, 6.07) is 8.56. The SMILES string of the molecule is Cc1ccc(C(C)NC(=O)C2CC3CCC2C3)cc1. The van der Waals surface area contributed by atoms with Gasteiger partial charge in [0.2, 0.25) is 5.91 Å². The van der Waals surface area contributed by atoms with Crippen molar-refractivity contribution < 1.29 is 4.79 Å². The second kappa shape index (κ2) is 4.99. The Labute approximate surface area is 115 Å². The molecule has 1 aromatic rings. The standard InChI is InChI=1S/C17H23NO/c1-11-3-6-14(7-4-11)12(2)18-17(19)16-10-13-5-8-15(16)9-13/h3-4,6-7,12-13,15-16H,5,8-10H2,1-2H3,(H,18,19). The van der Waals surface area contributed by atoms with Gasteiger partial charge in [-0.05, 0) is 50.5 Å². The van der Waals surface area contributed by atoms with Crippen LogP contribution in [0.3, 0.4) is 0 Å². The Morgan fingerprint density at radius 1 is 1.21 bits per heavy atom. The lowest BCUT2D eigenvalue weighted by Crippen LogP contribution is -2.35. The molecule has 0 aromatic heterocycles. The van der Waals surface area contributed by atoms with E-state index in [-0.39, 0.29) is 17.9 Å². The van der Waals surface area contributed by atoms with Crippen LogP contribution >= 0.6 is 0 Å². The summed E-state index contributed by atoms with van der Waals surface area (Å²) >= 11 is 0. The Kier molecular flexibility index (Phi) is 3.34. The minimum atomic E-state index is 0.118. The van der Waals surface area contributed by atoms with Gasteiger partial charge >= 0.3 is 0 Å². The molecule has 0 spiro atoms. The van der Waals surface area contributed by atoms with Crippen molar-refractivity contribution in [1.82, 2.24) is 5.32 Å². The zero-order valence-corrected chi connectivity index (χ0v) is 11.9. The average molecular weight is 257 g/mol. The molecule has 3 rings (SSSR count). The fourth-order valence-corrected chi connectivity index (χ4v) is 3.82. The van der Waals surface area contributed by atoms with Crippen molar-refractivity contribution in [2.75, 3.05) is 0 Å². The molecule has 0 radical (unpaired) electrons. The van der Waals surface area contributed by atoms with Crippen LogP contribution in [0, 0.1) is 24.7 Å². The first-order valence-electron chi connectivity index (χ1n) is 7.50. The van der Waals surface area contributed by atoms with Crippen LogP contribution in [-0.4, -0.2) is 5.91 Å². The topological polar surface area (TPSA) is 29.1 Å². The van der Waals surface area contributed by atoms with E-state index in [2.05, 4.69) is 43.4 Å². The first-order valence-corrected chi connectivity index (χ1v) is 7.50. The Balaban J connectivity index is 1.61. The van der Waals surface area contributed by atoms with Crippen LogP contribution in [0.25, 0.3) is 0 Å². The fourth-order valence-electron chi connectivity index (χ4n) is 3.82. The van der Waals surface area contributed by atoms with Crippen molar-refractivity contribution >= 4 is 5.91 Å². The second-order valence-electron chi connectivity index (χ2n) is 6.42. The van der Waals surface area contributed by atoms with Crippen molar-refractivity contribution in [2.45, 2.75) is 45.6 Å². The molecule has 0 heterocycles. The van der Waals surface area contributed by atoms with Crippen LogP contribution in [0.5, 0.6) is 0 Å². The number of hydrogen-bond acceptors (Lipinski definition) is 1. The molecular formula is C17H23NO. The maximum Gasteiger partial charge on any atom is 0.223 e. The van der Waals surface area contributed by atoms with Gasteiger partial charge in [-0.25, -0.2) is 0 Å². The van der Waals surface area contributed by atoms with Gasteiger partial charge in [0.05, 0.1) is 6.04 Å². The van der Waals surface area contributed by atoms with E-state index in [0.29, 0.717) is 5.92 Å². The van der Waals surface area contributed by atoms with Gasteiger partial charge in [0.1, 0.15) is 0 Å². The van der Waals surface area contributed by atoms with Crippen molar-refractivity contribution in [3.63, 3.8) is 0 Å². The van der Waals surface area contributed by atoms with E-state index in [1.807, 2.05) is 0 Å². The number of hydrogen-bond donors (Lipinski definition) is 1. The van der Waals surface area contributed by atoms with Crippen LogP contribution < -0.4 is 5.32 Å². The van der Waals surface area contributed by atoms with E-state index in [1.54, 1.807) is 0 Å². The molecule has 102 valence electrons. The molecular weight excluding hydrogens is 234 g/mol. The molecule has 0 saturated heterocycles. The van der Waals surface area contributed by atoms with Gasteiger partial charge < -0.3 is 5.32 Å². The highest BCUT2D eigenvalue weighted by molar-refractivity contribution is 5.80. The summed E-state index contributed by atoms with van der Waals surface area (Å²) in [5.74, 6) is 2.05. The lowest BCUT2D eigenvalue weighted by atomic mass is 9.88. The molecule has 0 aliphatic heterocycles. The summed E-state index contributed by atoms with van der Waals surface area (Å²) in [5.41, 5.74) is 2.46. The zero-order chi connectivity index (χ0) is 13.4. The molecule has 1 amide bonds. The van der Waals surface area contributed by atoms with Gasteiger partial charge in [-0.1, -0.05) is 36.2 Å². The summed E-state index contributed by atoms with van der Waals surface area (Å²) < 4.78 is 0. The predicted molar refractivity (Wildman–Crippen MR) is 76.7 cm³/mol. The third-order valence-corrected chi connectivity index (χ3v) is 5.01. The van der Waals surface area contributed by atoms with E-state index in [0.717, 1.165) is 12.3 Å². The number of fused-ring (bicyclic) bond motifs is 2. The fraction of sp³-hybridized carbons (Fsp3) is 0.588. The molecule has 2 bridgehead atoms. The number of rotatable bonds is 3. The maximum absolute atomic E-state index is 12.4.